The molecule has 10 aromatic carbocycles. The molecule has 3 heterocycles. The minimum atomic E-state index is -0.146. The maximum absolute atomic E-state index is 6.71. The monoisotopic (exact) mass is 805 g/mol. The fourth-order valence-electron chi connectivity index (χ4n) is 10.6. The zero-order chi connectivity index (χ0) is 41.6. The van der Waals surface area contributed by atoms with Gasteiger partial charge in [-0.3, -0.25) is 0 Å². The van der Waals surface area contributed by atoms with Crippen LogP contribution in [0, 0.1) is 0 Å². The molecule has 5 nitrogen and oxygen atoms in total. The summed E-state index contributed by atoms with van der Waals surface area (Å²) in [6.45, 7) is 4.60. The average Bonchev–Trinajstić information content (AvgIpc) is 3.97. The maximum atomic E-state index is 6.71. The molecule has 294 valence electrons. The van der Waals surface area contributed by atoms with Crippen molar-refractivity contribution >= 4 is 87.0 Å². The Morgan fingerprint density at radius 1 is 0.333 bits per heavy atom. The minimum absolute atomic E-state index is 0.146. The minimum Gasteiger partial charge on any atom is -0.456 e. The van der Waals surface area contributed by atoms with Crippen molar-refractivity contribution in [2.24, 2.45) is 0 Å². The first-order valence-corrected chi connectivity index (χ1v) is 21.5. The number of para-hydroxylation sites is 1. The molecule has 0 spiro atoms. The van der Waals surface area contributed by atoms with Crippen molar-refractivity contribution in [1.29, 1.82) is 0 Å². The second kappa shape index (κ2) is 12.5. The van der Waals surface area contributed by atoms with Crippen LogP contribution in [0.25, 0.3) is 132 Å². The Labute approximate surface area is 360 Å². The molecule has 0 atom stereocenters. The number of aromatic nitrogens is 3. The van der Waals surface area contributed by atoms with E-state index in [-0.39, 0.29) is 5.41 Å². The standard InChI is InChI=1S/C58H35N3O2/c1-58(2)47-15-7-5-12-39(47)44-30-46-52(31-48(44)58)63-51-17-9-14-42(54(46)51)57-60-55(59-56(61-57)36-24-27-50-45(29-36)40-13-6-8-16-49(40)62-50)35-21-19-33-18-20-34-23-25-38-37-11-4-3-10-32(37)22-26-41(38)53(34)43(33)28-35/h3-31H,1-2H3. The van der Waals surface area contributed by atoms with Crippen LogP contribution in [0.4, 0.5) is 0 Å². The molecule has 14 rings (SSSR count). The third-order valence-corrected chi connectivity index (χ3v) is 13.7. The second-order valence-corrected chi connectivity index (χ2v) is 17.5. The molecule has 0 radical (unpaired) electrons. The van der Waals surface area contributed by atoms with Gasteiger partial charge in [0.05, 0.1) is 0 Å². The molecule has 0 N–H and O–H groups in total. The van der Waals surface area contributed by atoms with E-state index < -0.39 is 0 Å². The Balaban J connectivity index is 1.03. The van der Waals surface area contributed by atoms with E-state index in [0.717, 1.165) is 71.3 Å². The highest BCUT2D eigenvalue weighted by Gasteiger charge is 2.36. The quantitative estimate of drug-likeness (QED) is 0.166. The van der Waals surface area contributed by atoms with Crippen LogP contribution >= 0.6 is 0 Å². The van der Waals surface area contributed by atoms with Gasteiger partial charge in [0.2, 0.25) is 0 Å². The summed E-state index contributed by atoms with van der Waals surface area (Å²) in [5, 5.41) is 13.8. The number of hydrogen-bond donors (Lipinski definition) is 0. The summed E-state index contributed by atoms with van der Waals surface area (Å²) < 4.78 is 13.0. The highest BCUT2D eigenvalue weighted by Crippen LogP contribution is 2.51. The van der Waals surface area contributed by atoms with E-state index in [1.807, 2.05) is 42.5 Å². The van der Waals surface area contributed by atoms with Gasteiger partial charge < -0.3 is 8.83 Å². The highest BCUT2D eigenvalue weighted by atomic mass is 16.3. The van der Waals surface area contributed by atoms with E-state index in [2.05, 4.69) is 147 Å². The molecular weight excluding hydrogens is 771 g/mol. The molecule has 0 bridgehead atoms. The van der Waals surface area contributed by atoms with Gasteiger partial charge in [0.25, 0.3) is 0 Å². The van der Waals surface area contributed by atoms with E-state index in [1.54, 1.807) is 0 Å². The van der Waals surface area contributed by atoms with E-state index in [4.69, 9.17) is 23.8 Å². The van der Waals surface area contributed by atoms with Gasteiger partial charge in [0.1, 0.15) is 22.3 Å². The largest absolute Gasteiger partial charge is 0.456 e. The van der Waals surface area contributed by atoms with E-state index in [0.29, 0.717) is 17.5 Å². The van der Waals surface area contributed by atoms with Crippen LogP contribution in [0.2, 0.25) is 0 Å². The second-order valence-electron chi connectivity index (χ2n) is 17.5. The number of benzene rings is 10. The summed E-state index contributed by atoms with van der Waals surface area (Å²) in [4.78, 5) is 16.0. The Morgan fingerprint density at radius 3 is 1.86 bits per heavy atom. The van der Waals surface area contributed by atoms with Crippen LogP contribution in [0.5, 0.6) is 0 Å². The Morgan fingerprint density at radius 2 is 0.952 bits per heavy atom. The third kappa shape index (κ3) is 4.90. The van der Waals surface area contributed by atoms with Gasteiger partial charge in [0, 0.05) is 43.7 Å². The van der Waals surface area contributed by atoms with Crippen LogP contribution in [0.15, 0.2) is 185 Å². The number of furan rings is 2. The van der Waals surface area contributed by atoms with Crippen LogP contribution in [0.1, 0.15) is 25.0 Å². The Hall–Kier alpha value is -8.15. The highest BCUT2D eigenvalue weighted by molar-refractivity contribution is 6.25. The number of nitrogens with zero attached hydrogens (tertiary/aromatic N) is 3. The van der Waals surface area contributed by atoms with Gasteiger partial charge in [-0.1, -0.05) is 141 Å². The van der Waals surface area contributed by atoms with Crippen molar-refractivity contribution in [3.05, 3.63) is 187 Å². The van der Waals surface area contributed by atoms with Crippen LogP contribution in [-0.2, 0) is 5.41 Å². The summed E-state index contributed by atoms with van der Waals surface area (Å²) in [5.41, 5.74) is 11.0. The van der Waals surface area contributed by atoms with Gasteiger partial charge in [-0.2, -0.15) is 0 Å². The molecule has 1 aliphatic rings. The first-order chi connectivity index (χ1) is 30.9. The van der Waals surface area contributed by atoms with Gasteiger partial charge >= 0.3 is 0 Å². The first-order valence-electron chi connectivity index (χ1n) is 21.5. The number of hydrogen-bond acceptors (Lipinski definition) is 5. The number of fused-ring (bicyclic) bond motifs is 16. The molecule has 0 saturated heterocycles. The summed E-state index contributed by atoms with van der Waals surface area (Å²) in [6, 6.07) is 62.5. The van der Waals surface area contributed by atoms with E-state index in [1.165, 1.54) is 54.6 Å². The zero-order valence-electron chi connectivity index (χ0n) is 34.4. The van der Waals surface area contributed by atoms with Crippen LogP contribution in [0.3, 0.4) is 0 Å². The molecule has 0 fully saturated rings. The molecule has 0 unspecified atom stereocenters. The fraction of sp³-hybridized carbons (Fsp3) is 0.0517. The predicted molar refractivity (Wildman–Crippen MR) is 258 cm³/mol. The normalized spacial score (nSPS) is 13.4. The van der Waals surface area contributed by atoms with Crippen molar-refractivity contribution in [2.45, 2.75) is 19.3 Å². The lowest BCUT2D eigenvalue weighted by molar-refractivity contribution is 0.647. The van der Waals surface area contributed by atoms with Crippen molar-refractivity contribution in [3.8, 4) is 45.3 Å². The lowest BCUT2D eigenvalue weighted by atomic mass is 9.82. The molecule has 1 aliphatic carbocycles. The lowest BCUT2D eigenvalue weighted by Gasteiger charge is -2.21. The van der Waals surface area contributed by atoms with E-state index in [9.17, 15) is 0 Å². The average molecular weight is 806 g/mol. The topological polar surface area (TPSA) is 65.0 Å². The molecular formula is C58H35N3O2. The van der Waals surface area contributed by atoms with Crippen molar-refractivity contribution < 1.29 is 8.83 Å². The number of rotatable bonds is 3. The van der Waals surface area contributed by atoms with Crippen molar-refractivity contribution in [2.75, 3.05) is 0 Å². The predicted octanol–water partition coefficient (Wildman–Crippen LogP) is 15.6. The fourth-order valence-corrected chi connectivity index (χ4v) is 10.6. The lowest BCUT2D eigenvalue weighted by Crippen LogP contribution is -2.14. The zero-order valence-corrected chi connectivity index (χ0v) is 34.4. The smallest absolute Gasteiger partial charge is 0.164 e. The molecule has 3 aromatic heterocycles. The molecule has 5 heteroatoms. The van der Waals surface area contributed by atoms with Crippen molar-refractivity contribution in [3.63, 3.8) is 0 Å². The SMILES string of the molecule is CC1(C)c2ccccc2-c2cc3c(cc21)oc1cccc(-c2nc(-c4ccc5oc6ccccc6c5c4)nc(-c4ccc5ccc6ccc7c8ccccc8ccc7c6c5c4)n2)c13. The van der Waals surface area contributed by atoms with Crippen molar-refractivity contribution in [1.82, 2.24) is 15.0 Å². The van der Waals surface area contributed by atoms with Gasteiger partial charge in [-0.05, 0) is 114 Å². The summed E-state index contributed by atoms with van der Waals surface area (Å²) in [7, 11) is 0. The molecule has 0 saturated carbocycles. The van der Waals surface area contributed by atoms with Gasteiger partial charge in [-0.25, -0.2) is 15.0 Å². The third-order valence-electron chi connectivity index (χ3n) is 13.7. The van der Waals surface area contributed by atoms with Gasteiger partial charge in [0.15, 0.2) is 17.5 Å². The van der Waals surface area contributed by atoms with E-state index >= 15 is 0 Å². The molecule has 63 heavy (non-hydrogen) atoms. The summed E-state index contributed by atoms with van der Waals surface area (Å²) >= 11 is 0. The molecule has 13 aromatic rings. The molecule has 0 amide bonds. The maximum Gasteiger partial charge on any atom is 0.164 e. The Bertz CT molecular complexity index is 4140. The van der Waals surface area contributed by atoms with Crippen LogP contribution in [-0.4, -0.2) is 15.0 Å². The summed E-state index contributed by atoms with van der Waals surface area (Å²) in [6.07, 6.45) is 0. The van der Waals surface area contributed by atoms with Gasteiger partial charge in [-0.15, -0.1) is 0 Å². The first kappa shape index (κ1) is 34.6. The van der Waals surface area contributed by atoms with Crippen LogP contribution < -0.4 is 0 Å². The Kier molecular flexibility index (Phi) is 6.84. The summed E-state index contributed by atoms with van der Waals surface area (Å²) in [5.74, 6) is 1.76. The molecule has 0 aliphatic heterocycles.